The normalized spacial score (nSPS) is 12.7. The maximum Gasteiger partial charge on any atom is 0.328 e. The van der Waals surface area contributed by atoms with Gasteiger partial charge in [0.1, 0.15) is 11.9 Å². The molecule has 1 atom stereocenters. The molecular formula is C11H11ClFN3O2. The summed E-state index contributed by atoms with van der Waals surface area (Å²) in [7, 11) is 1.27. The molecule has 1 unspecified atom stereocenters. The summed E-state index contributed by atoms with van der Waals surface area (Å²) < 4.78 is 19.5. The molecule has 5 nitrogen and oxygen atoms in total. The van der Waals surface area contributed by atoms with Gasteiger partial charge >= 0.3 is 5.97 Å². The number of halogens is 2. The molecule has 0 saturated heterocycles. The molecule has 0 aliphatic rings. The number of imidazole rings is 1. The lowest BCUT2D eigenvalue weighted by atomic mass is 10.2. The molecule has 0 radical (unpaired) electrons. The Morgan fingerprint density at radius 2 is 2.28 bits per heavy atom. The van der Waals surface area contributed by atoms with Gasteiger partial charge in [-0.05, 0) is 13.0 Å². The van der Waals surface area contributed by atoms with E-state index in [1.165, 1.54) is 23.8 Å². The van der Waals surface area contributed by atoms with Crippen molar-refractivity contribution in [1.29, 1.82) is 0 Å². The molecule has 0 bridgehead atoms. The van der Waals surface area contributed by atoms with Gasteiger partial charge in [-0.1, -0.05) is 11.6 Å². The van der Waals surface area contributed by atoms with Crippen LogP contribution in [-0.4, -0.2) is 22.6 Å². The Bertz CT molecular complexity index is 626. The summed E-state index contributed by atoms with van der Waals surface area (Å²) in [6, 6.07) is 1.87. The van der Waals surface area contributed by atoms with Gasteiger partial charge in [-0.2, -0.15) is 0 Å². The molecule has 0 fully saturated rings. The molecule has 1 heterocycles. The largest absolute Gasteiger partial charge is 0.467 e. The molecule has 2 aromatic rings. The van der Waals surface area contributed by atoms with Crippen LogP contribution >= 0.6 is 11.6 Å². The highest BCUT2D eigenvalue weighted by molar-refractivity contribution is 6.31. The fourth-order valence-corrected chi connectivity index (χ4v) is 1.95. The molecule has 7 heteroatoms. The molecule has 0 amide bonds. The third-order valence-corrected chi connectivity index (χ3v) is 2.98. The van der Waals surface area contributed by atoms with Gasteiger partial charge in [0.15, 0.2) is 0 Å². The van der Waals surface area contributed by atoms with Crippen molar-refractivity contribution in [1.82, 2.24) is 9.55 Å². The standard InChI is InChI=1S/C11H11ClFN3O2/c1-5(10(17)18-2)16-9-4-7(13)6(12)3-8(9)15-11(16)14/h3-5H,1-2H3,(H2,14,15). The number of aromatic nitrogens is 2. The number of esters is 1. The van der Waals surface area contributed by atoms with Crippen molar-refractivity contribution in [2.24, 2.45) is 0 Å². The topological polar surface area (TPSA) is 70.1 Å². The van der Waals surface area contributed by atoms with E-state index < -0.39 is 17.8 Å². The predicted octanol–water partition coefficient (Wildman–Crippen LogP) is 2.14. The molecule has 0 aliphatic carbocycles. The number of ether oxygens (including phenoxy) is 1. The van der Waals surface area contributed by atoms with Crippen LogP contribution in [0, 0.1) is 5.82 Å². The highest BCUT2D eigenvalue weighted by atomic mass is 35.5. The lowest BCUT2D eigenvalue weighted by Crippen LogP contribution is -2.19. The number of carbonyl (C=O) groups excluding carboxylic acids is 1. The minimum absolute atomic E-state index is 0.0436. The van der Waals surface area contributed by atoms with E-state index in [0.29, 0.717) is 11.0 Å². The number of carbonyl (C=O) groups is 1. The molecule has 0 spiro atoms. The molecule has 2 rings (SSSR count). The quantitative estimate of drug-likeness (QED) is 0.850. The third-order valence-electron chi connectivity index (χ3n) is 2.69. The zero-order chi connectivity index (χ0) is 13.4. The Kier molecular flexibility index (Phi) is 3.13. The van der Waals surface area contributed by atoms with E-state index in [1.807, 2.05) is 0 Å². The zero-order valence-corrected chi connectivity index (χ0v) is 10.5. The van der Waals surface area contributed by atoms with Crippen LogP contribution in [0.5, 0.6) is 0 Å². The van der Waals surface area contributed by atoms with Crippen LogP contribution in [0.15, 0.2) is 12.1 Å². The van der Waals surface area contributed by atoms with E-state index in [4.69, 9.17) is 17.3 Å². The van der Waals surface area contributed by atoms with Crippen LogP contribution < -0.4 is 5.73 Å². The van der Waals surface area contributed by atoms with Crippen LogP contribution in [0.25, 0.3) is 11.0 Å². The van der Waals surface area contributed by atoms with E-state index in [1.54, 1.807) is 6.92 Å². The van der Waals surface area contributed by atoms with Crippen molar-refractivity contribution in [3.63, 3.8) is 0 Å². The van der Waals surface area contributed by atoms with Gasteiger partial charge in [0, 0.05) is 6.07 Å². The summed E-state index contributed by atoms with van der Waals surface area (Å²) in [6.45, 7) is 1.59. The number of nitrogen functional groups attached to an aromatic ring is 1. The minimum atomic E-state index is -0.694. The van der Waals surface area contributed by atoms with Crippen LogP contribution in [0.4, 0.5) is 10.3 Å². The molecular weight excluding hydrogens is 261 g/mol. The number of fused-ring (bicyclic) bond motifs is 1. The van der Waals surface area contributed by atoms with Gasteiger partial charge in [-0.15, -0.1) is 0 Å². The first-order chi connectivity index (χ1) is 8.45. The Labute approximate surface area is 107 Å². The smallest absolute Gasteiger partial charge is 0.328 e. The van der Waals surface area contributed by atoms with Gasteiger partial charge in [0.05, 0.1) is 23.2 Å². The highest BCUT2D eigenvalue weighted by Crippen LogP contribution is 2.27. The zero-order valence-electron chi connectivity index (χ0n) is 9.78. The highest BCUT2D eigenvalue weighted by Gasteiger charge is 2.21. The van der Waals surface area contributed by atoms with Gasteiger partial charge in [-0.3, -0.25) is 4.57 Å². The van der Waals surface area contributed by atoms with Gasteiger partial charge in [0.25, 0.3) is 0 Å². The van der Waals surface area contributed by atoms with E-state index in [0.717, 1.165) is 0 Å². The Morgan fingerprint density at radius 3 is 2.89 bits per heavy atom. The van der Waals surface area contributed by atoms with E-state index in [-0.39, 0.29) is 11.0 Å². The number of nitrogens with zero attached hydrogens (tertiary/aromatic N) is 2. The first kappa shape index (κ1) is 12.6. The average Bonchev–Trinajstić information content (AvgIpc) is 2.63. The van der Waals surface area contributed by atoms with Gasteiger partial charge in [0.2, 0.25) is 5.95 Å². The van der Waals surface area contributed by atoms with Crippen molar-refractivity contribution in [2.45, 2.75) is 13.0 Å². The Hall–Kier alpha value is -1.82. The SMILES string of the molecule is COC(=O)C(C)n1c(N)nc2cc(Cl)c(F)cc21. The second-order valence-corrected chi connectivity index (χ2v) is 4.20. The predicted molar refractivity (Wildman–Crippen MR) is 65.8 cm³/mol. The number of hydrogen-bond donors (Lipinski definition) is 1. The fraction of sp³-hybridized carbons (Fsp3) is 0.273. The Morgan fingerprint density at radius 1 is 1.61 bits per heavy atom. The molecule has 1 aromatic carbocycles. The molecule has 96 valence electrons. The number of benzene rings is 1. The van der Waals surface area contributed by atoms with Crippen molar-refractivity contribution in [3.8, 4) is 0 Å². The second kappa shape index (κ2) is 4.45. The average molecular weight is 272 g/mol. The monoisotopic (exact) mass is 271 g/mol. The summed E-state index contributed by atoms with van der Waals surface area (Å²) in [6.07, 6.45) is 0. The molecule has 2 N–H and O–H groups in total. The molecule has 0 saturated carbocycles. The molecule has 0 aliphatic heterocycles. The van der Waals surface area contributed by atoms with Crippen LogP contribution in [0.3, 0.4) is 0 Å². The first-order valence-corrected chi connectivity index (χ1v) is 5.53. The lowest BCUT2D eigenvalue weighted by Gasteiger charge is -2.13. The summed E-state index contributed by atoms with van der Waals surface area (Å²) in [5.74, 6) is -0.983. The maximum atomic E-state index is 13.5. The molecule has 18 heavy (non-hydrogen) atoms. The number of hydrogen-bond acceptors (Lipinski definition) is 4. The molecule has 1 aromatic heterocycles. The van der Waals surface area contributed by atoms with Crippen LogP contribution in [0.1, 0.15) is 13.0 Å². The summed E-state index contributed by atoms with van der Waals surface area (Å²) in [4.78, 5) is 15.5. The van der Waals surface area contributed by atoms with Gasteiger partial charge in [-0.25, -0.2) is 14.2 Å². The second-order valence-electron chi connectivity index (χ2n) is 3.79. The Balaban J connectivity index is 2.67. The van der Waals surface area contributed by atoms with Crippen LogP contribution in [0.2, 0.25) is 5.02 Å². The number of anilines is 1. The van der Waals surface area contributed by atoms with Crippen molar-refractivity contribution < 1.29 is 13.9 Å². The van der Waals surface area contributed by atoms with Crippen molar-refractivity contribution in [2.75, 3.05) is 12.8 Å². The van der Waals surface area contributed by atoms with Crippen molar-refractivity contribution >= 4 is 34.6 Å². The minimum Gasteiger partial charge on any atom is -0.467 e. The van der Waals surface area contributed by atoms with Crippen LogP contribution in [-0.2, 0) is 9.53 Å². The fourth-order valence-electron chi connectivity index (χ4n) is 1.79. The summed E-state index contributed by atoms with van der Waals surface area (Å²) in [5.41, 5.74) is 6.55. The first-order valence-electron chi connectivity index (χ1n) is 5.16. The number of rotatable bonds is 2. The number of nitrogens with two attached hydrogens (primary N) is 1. The summed E-state index contributed by atoms with van der Waals surface area (Å²) >= 11 is 5.66. The summed E-state index contributed by atoms with van der Waals surface area (Å²) in [5, 5.41) is -0.0436. The van der Waals surface area contributed by atoms with E-state index in [9.17, 15) is 9.18 Å². The van der Waals surface area contributed by atoms with E-state index in [2.05, 4.69) is 9.72 Å². The third kappa shape index (κ3) is 1.88. The maximum absolute atomic E-state index is 13.5. The lowest BCUT2D eigenvalue weighted by molar-refractivity contribution is -0.143. The van der Waals surface area contributed by atoms with Crippen molar-refractivity contribution in [3.05, 3.63) is 23.0 Å². The van der Waals surface area contributed by atoms with Gasteiger partial charge < -0.3 is 10.5 Å². The van der Waals surface area contributed by atoms with E-state index >= 15 is 0 Å². The number of methoxy groups -OCH3 is 1.